The molecule has 1 aliphatic rings. The normalized spacial score (nSPS) is 14.8. The van der Waals surface area contributed by atoms with Gasteiger partial charge in [-0.25, -0.2) is 0 Å². The minimum atomic E-state index is -0.0362. The quantitative estimate of drug-likeness (QED) is 0.552. The minimum absolute atomic E-state index is 0.0362. The van der Waals surface area contributed by atoms with Crippen molar-refractivity contribution in [3.05, 3.63) is 89.6 Å². The number of rotatable bonds is 7. The van der Waals surface area contributed by atoms with Crippen molar-refractivity contribution >= 4 is 5.91 Å². The second kappa shape index (κ2) is 10.4. The van der Waals surface area contributed by atoms with Crippen LogP contribution in [0.3, 0.4) is 0 Å². The molecule has 0 radical (unpaired) electrons. The Morgan fingerprint density at radius 2 is 1.69 bits per heavy atom. The number of carbonyl (C=O) groups is 1. The summed E-state index contributed by atoms with van der Waals surface area (Å²) >= 11 is 0. The third kappa shape index (κ3) is 5.74. The predicted molar refractivity (Wildman–Crippen MR) is 130 cm³/mol. The molecule has 166 valence electrons. The zero-order valence-electron chi connectivity index (χ0n) is 19.0. The van der Waals surface area contributed by atoms with Gasteiger partial charge in [0.25, 0.3) is 5.91 Å². The van der Waals surface area contributed by atoms with Crippen molar-refractivity contribution in [2.45, 2.75) is 39.3 Å². The van der Waals surface area contributed by atoms with Crippen molar-refractivity contribution in [1.82, 2.24) is 20.0 Å². The summed E-state index contributed by atoms with van der Waals surface area (Å²) in [4.78, 5) is 15.7. The number of amides is 1. The smallest absolute Gasteiger partial charge is 0.255 e. The summed E-state index contributed by atoms with van der Waals surface area (Å²) < 4.78 is 1.87. The minimum Gasteiger partial charge on any atom is -0.349 e. The Kier molecular flexibility index (Phi) is 7.17. The lowest BCUT2D eigenvalue weighted by molar-refractivity contribution is 0.0914. The molecule has 0 saturated carbocycles. The third-order valence-electron chi connectivity index (χ3n) is 5.92. The third-order valence-corrected chi connectivity index (χ3v) is 5.92. The number of piperidine rings is 1. The highest BCUT2D eigenvalue weighted by atomic mass is 16.1. The summed E-state index contributed by atoms with van der Waals surface area (Å²) in [5, 5.41) is 8.06. The number of nitrogens with zero attached hydrogens (tertiary/aromatic N) is 3. The van der Waals surface area contributed by atoms with Crippen LogP contribution in [0.5, 0.6) is 0 Å². The molecule has 32 heavy (non-hydrogen) atoms. The Balaban J connectivity index is 1.48. The highest BCUT2D eigenvalue weighted by molar-refractivity contribution is 6.00. The maximum Gasteiger partial charge on any atom is 0.255 e. The van der Waals surface area contributed by atoms with Gasteiger partial charge < -0.3 is 5.32 Å². The van der Waals surface area contributed by atoms with Gasteiger partial charge in [-0.2, -0.15) is 5.10 Å². The second-order valence-electron chi connectivity index (χ2n) is 8.77. The molecule has 2 heterocycles. The van der Waals surface area contributed by atoms with E-state index >= 15 is 0 Å². The maximum atomic E-state index is 13.3. The topological polar surface area (TPSA) is 50.2 Å². The second-order valence-corrected chi connectivity index (χ2v) is 8.77. The SMILES string of the molecule is CC(C)=CCN1CCC(NC(=O)c2cn(Cc3ccccc3)nc2-c2ccccc2)CC1. The van der Waals surface area contributed by atoms with Crippen LogP contribution in [0.1, 0.15) is 42.6 Å². The number of allylic oxidation sites excluding steroid dienone is 1. The Bertz CT molecular complexity index is 1040. The number of likely N-dealkylation sites (tertiary alicyclic amines) is 1. The van der Waals surface area contributed by atoms with Gasteiger partial charge in [0.1, 0.15) is 5.69 Å². The van der Waals surface area contributed by atoms with E-state index in [4.69, 9.17) is 5.10 Å². The molecule has 0 atom stereocenters. The van der Waals surface area contributed by atoms with E-state index in [1.807, 2.05) is 59.4 Å². The zero-order chi connectivity index (χ0) is 22.3. The molecule has 3 aromatic rings. The molecule has 5 nitrogen and oxygen atoms in total. The van der Waals surface area contributed by atoms with Crippen LogP contribution in [0.4, 0.5) is 0 Å². The van der Waals surface area contributed by atoms with Gasteiger partial charge in [0.15, 0.2) is 0 Å². The van der Waals surface area contributed by atoms with Crippen LogP contribution in [-0.2, 0) is 6.54 Å². The first-order valence-corrected chi connectivity index (χ1v) is 11.4. The number of hydrogen-bond acceptors (Lipinski definition) is 3. The van der Waals surface area contributed by atoms with Crippen LogP contribution in [0.15, 0.2) is 78.5 Å². The van der Waals surface area contributed by atoms with Crippen molar-refractivity contribution in [1.29, 1.82) is 0 Å². The van der Waals surface area contributed by atoms with E-state index < -0.39 is 0 Å². The van der Waals surface area contributed by atoms with E-state index in [9.17, 15) is 4.79 Å². The monoisotopic (exact) mass is 428 g/mol. The zero-order valence-corrected chi connectivity index (χ0v) is 19.0. The molecular weight excluding hydrogens is 396 g/mol. The molecule has 2 aromatic carbocycles. The van der Waals surface area contributed by atoms with E-state index in [0.717, 1.165) is 49.3 Å². The van der Waals surface area contributed by atoms with Crippen LogP contribution in [-0.4, -0.2) is 46.3 Å². The van der Waals surface area contributed by atoms with Gasteiger partial charge in [0, 0.05) is 37.4 Å². The van der Waals surface area contributed by atoms with Crippen molar-refractivity contribution in [3.8, 4) is 11.3 Å². The van der Waals surface area contributed by atoms with Crippen LogP contribution in [0.25, 0.3) is 11.3 Å². The predicted octanol–water partition coefficient (Wildman–Crippen LogP) is 4.76. The average molecular weight is 429 g/mol. The van der Waals surface area contributed by atoms with Crippen LogP contribution < -0.4 is 5.32 Å². The Morgan fingerprint density at radius 1 is 1.03 bits per heavy atom. The molecule has 1 fully saturated rings. The van der Waals surface area contributed by atoms with Gasteiger partial charge in [-0.3, -0.25) is 14.4 Å². The van der Waals surface area contributed by atoms with Crippen molar-refractivity contribution < 1.29 is 4.79 Å². The molecule has 1 N–H and O–H groups in total. The lowest BCUT2D eigenvalue weighted by Crippen LogP contribution is -2.44. The largest absolute Gasteiger partial charge is 0.349 e. The van der Waals surface area contributed by atoms with Crippen molar-refractivity contribution in [2.75, 3.05) is 19.6 Å². The van der Waals surface area contributed by atoms with E-state index in [1.54, 1.807) is 0 Å². The fourth-order valence-corrected chi connectivity index (χ4v) is 4.08. The van der Waals surface area contributed by atoms with Crippen molar-refractivity contribution in [2.24, 2.45) is 0 Å². The van der Waals surface area contributed by atoms with Gasteiger partial charge in [0.05, 0.1) is 12.1 Å². The van der Waals surface area contributed by atoms with E-state index in [2.05, 4.69) is 42.3 Å². The summed E-state index contributed by atoms with van der Waals surface area (Å²) in [7, 11) is 0. The van der Waals surface area contributed by atoms with Gasteiger partial charge in [-0.05, 0) is 32.3 Å². The van der Waals surface area contributed by atoms with E-state index in [1.165, 1.54) is 5.57 Å². The number of hydrogen-bond donors (Lipinski definition) is 1. The number of aromatic nitrogens is 2. The summed E-state index contributed by atoms with van der Waals surface area (Å²) in [6.07, 6.45) is 6.10. The molecular formula is C27H32N4O. The molecule has 0 unspecified atom stereocenters. The molecule has 0 aliphatic carbocycles. The van der Waals surface area contributed by atoms with Crippen LogP contribution in [0.2, 0.25) is 0 Å². The van der Waals surface area contributed by atoms with Gasteiger partial charge in [-0.1, -0.05) is 72.3 Å². The standard InChI is InChI=1S/C27H32N4O/c1-21(2)13-16-30-17-14-24(15-18-30)28-27(32)25-20-31(19-22-9-5-3-6-10-22)29-26(25)23-11-7-4-8-12-23/h3-13,20,24H,14-19H2,1-2H3,(H,28,32). The van der Waals surface area contributed by atoms with Gasteiger partial charge in [0.2, 0.25) is 0 Å². The van der Waals surface area contributed by atoms with E-state index in [0.29, 0.717) is 12.1 Å². The fraction of sp³-hybridized carbons (Fsp3) is 0.333. The van der Waals surface area contributed by atoms with E-state index in [-0.39, 0.29) is 11.9 Å². The number of nitrogens with one attached hydrogen (secondary N) is 1. The molecule has 4 rings (SSSR count). The highest BCUT2D eigenvalue weighted by Gasteiger charge is 2.24. The lowest BCUT2D eigenvalue weighted by atomic mass is 10.0. The first kappa shape index (κ1) is 22.0. The summed E-state index contributed by atoms with van der Waals surface area (Å²) in [6, 6.07) is 20.4. The maximum absolute atomic E-state index is 13.3. The number of carbonyl (C=O) groups excluding carboxylic acids is 1. The Hall–Kier alpha value is -3.18. The Labute approximate surface area is 190 Å². The van der Waals surface area contributed by atoms with Crippen molar-refractivity contribution in [3.63, 3.8) is 0 Å². The average Bonchev–Trinajstić information content (AvgIpc) is 3.24. The summed E-state index contributed by atoms with van der Waals surface area (Å²) in [5.74, 6) is -0.0362. The molecule has 5 heteroatoms. The fourth-order valence-electron chi connectivity index (χ4n) is 4.08. The highest BCUT2D eigenvalue weighted by Crippen LogP contribution is 2.23. The van der Waals surface area contributed by atoms with Crippen LogP contribution >= 0.6 is 0 Å². The Morgan fingerprint density at radius 3 is 2.34 bits per heavy atom. The summed E-state index contributed by atoms with van der Waals surface area (Å²) in [6.45, 7) is 7.91. The molecule has 1 aromatic heterocycles. The van der Waals surface area contributed by atoms with Crippen LogP contribution in [0, 0.1) is 0 Å². The lowest BCUT2D eigenvalue weighted by Gasteiger charge is -2.31. The van der Waals surface area contributed by atoms with Gasteiger partial charge in [-0.15, -0.1) is 0 Å². The summed E-state index contributed by atoms with van der Waals surface area (Å²) in [5.41, 5.74) is 4.84. The molecule has 0 bridgehead atoms. The van der Waals surface area contributed by atoms with Gasteiger partial charge >= 0.3 is 0 Å². The first-order chi connectivity index (χ1) is 15.6. The molecule has 0 spiro atoms. The molecule has 1 aliphatic heterocycles. The molecule has 1 amide bonds. The molecule has 1 saturated heterocycles. The number of benzene rings is 2. The first-order valence-electron chi connectivity index (χ1n) is 11.4.